The Morgan fingerprint density at radius 2 is 1.83 bits per heavy atom. The number of hydrogen-bond donors (Lipinski definition) is 1. The third kappa shape index (κ3) is 4.15. The third-order valence-electron chi connectivity index (χ3n) is 4.84. The number of ether oxygens (including phenoxy) is 2. The number of aromatic nitrogens is 2. The lowest BCUT2D eigenvalue weighted by molar-refractivity contribution is 0.0951. The molecular formula is C22H22BrN3O3. The lowest BCUT2D eigenvalue weighted by Gasteiger charge is -2.11. The van der Waals surface area contributed by atoms with Crippen LogP contribution in [0.4, 0.5) is 0 Å². The van der Waals surface area contributed by atoms with Crippen molar-refractivity contribution in [1.82, 2.24) is 15.1 Å². The summed E-state index contributed by atoms with van der Waals surface area (Å²) in [6, 6.07) is 13.2. The Hall–Kier alpha value is -2.80. The van der Waals surface area contributed by atoms with Crippen molar-refractivity contribution in [2.75, 3.05) is 13.2 Å². The minimum Gasteiger partial charge on any atom is -0.490 e. The zero-order chi connectivity index (χ0) is 20.4. The Balaban J connectivity index is 1.42. The molecule has 2 aromatic carbocycles. The molecular weight excluding hydrogens is 434 g/mol. The Morgan fingerprint density at radius 1 is 1.10 bits per heavy atom. The van der Waals surface area contributed by atoms with Crippen LogP contribution in [0.15, 0.2) is 46.9 Å². The van der Waals surface area contributed by atoms with Crippen LogP contribution in [0.1, 0.15) is 33.7 Å². The van der Waals surface area contributed by atoms with Crippen LogP contribution in [0.25, 0.3) is 5.69 Å². The van der Waals surface area contributed by atoms with Crippen molar-refractivity contribution in [2.24, 2.45) is 0 Å². The molecule has 3 aromatic rings. The average Bonchev–Trinajstić information content (AvgIpc) is 2.91. The van der Waals surface area contributed by atoms with Crippen LogP contribution in [-0.2, 0) is 6.54 Å². The number of nitrogens with one attached hydrogen (secondary N) is 1. The van der Waals surface area contributed by atoms with Gasteiger partial charge in [0.05, 0.1) is 34.8 Å². The molecule has 0 aliphatic carbocycles. The molecule has 0 bridgehead atoms. The number of fused-ring (bicyclic) bond motifs is 1. The second kappa shape index (κ2) is 8.29. The summed E-state index contributed by atoms with van der Waals surface area (Å²) >= 11 is 3.54. The maximum atomic E-state index is 12.5. The van der Waals surface area contributed by atoms with Crippen LogP contribution < -0.4 is 14.8 Å². The fraction of sp³-hybridized carbons (Fsp3) is 0.273. The molecule has 2 heterocycles. The number of halogens is 1. The molecule has 1 aromatic heterocycles. The van der Waals surface area contributed by atoms with Gasteiger partial charge in [0.15, 0.2) is 11.5 Å². The van der Waals surface area contributed by atoms with Gasteiger partial charge in [0.25, 0.3) is 5.91 Å². The largest absolute Gasteiger partial charge is 0.490 e. The highest BCUT2D eigenvalue weighted by molar-refractivity contribution is 9.10. The number of hydrogen-bond acceptors (Lipinski definition) is 4. The molecule has 1 amide bonds. The summed E-state index contributed by atoms with van der Waals surface area (Å²) in [5, 5.41) is 7.48. The molecule has 0 fully saturated rings. The van der Waals surface area contributed by atoms with Gasteiger partial charge in [-0.25, -0.2) is 4.68 Å². The summed E-state index contributed by atoms with van der Waals surface area (Å²) in [6.45, 7) is 5.67. The highest BCUT2D eigenvalue weighted by Gasteiger charge is 2.13. The van der Waals surface area contributed by atoms with Crippen molar-refractivity contribution in [3.05, 3.63) is 69.5 Å². The third-order valence-corrected chi connectivity index (χ3v) is 5.99. The number of benzene rings is 2. The van der Waals surface area contributed by atoms with E-state index in [1.165, 1.54) is 0 Å². The van der Waals surface area contributed by atoms with Crippen LogP contribution in [0.2, 0.25) is 0 Å². The molecule has 0 spiro atoms. The molecule has 0 atom stereocenters. The van der Waals surface area contributed by atoms with Gasteiger partial charge in [0.1, 0.15) is 0 Å². The lowest BCUT2D eigenvalue weighted by Crippen LogP contribution is -2.22. The second-order valence-electron chi connectivity index (χ2n) is 6.96. The monoisotopic (exact) mass is 455 g/mol. The topological polar surface area (TPSA) is 65.4 Å². The van der Waals surface area contributed by atoms with E-state index in [-0.39, 0.29) is 5.91 Å². The van der Waals surface area contributed by atoms with Crippen LogP contribution in [0, 0.1) is 13.8 Å². The number of rotatable bonds is 4. The summed E-state index contributed by atoms with van der Waals surface area (Å²) in [4.78, 5) is 12.5. The van der Waals surface area contributed by atoms with E-state index >= 15 is 0 Å². The van der Waals surface area contributed by atoms with Crippen LogP contribution in [-0.4, -0.2) is 28.9 Å². The van der Waals surface area contributed by atoms with Crippen molar-refractivity contribution in [3.63, 3.8) is 0 Å². The molecule has 0 saturated carbocycles. The summed E-state index contributed by atoms with van der Waals surface area (Å²) in [5.41, 5.74) is 4.43. The van der Waals surface area contributed by atoms with Crippen molar-refractivity contribution in [3.8, 4) is 17.2 Å². The van der Waals surface area contributed by atoms with Gasteiger partial charge in [-0.2, -0.15) is 5.10 Å². The van der Waals surface area contributed by atoms with Crippen LogP contribution >= 0.6 is 15.9 Å². The van der Waals surface area contributed by atoms with E-state index in [0.717, 1.165) is 45.0 Å². The van der Waals surface area contributed by atoms with Gasteiger partial charge in [-0.15, -0.1) is 0 Å². The first-order chi connectivity index (χ1) is 14.0. The Morgan fingerprint density at radius 3 is 2.52 bits per heavy atom. The smallest absolute Gasteiger partial charge is 0.251 e. The number of carbonyl (C=O) groups is 1. The molecule has 29 heavy (non-hydrogen) atoms. The number of aryl methyl sites for hydroxylation is 1. The first kappa shape index (κ1) is 19.5. The zero-order valence-corrected chi connectivity index (χ0v) is 18.0. The quantitative estimate of drug-likeness (QED) is 0.635. The second-order valence-corrected chi connectivity index (χ2v) is 7.75. The molecule has 6 nitrogen and oxygen atoms in total. The first-order valence-corrected chi connectivity index (χ1v) is 10.3. The van der Waals surface area contributed by atoms with E-state index in [4.69, 9.17) is 9.47 Å². The van der Waals surface area contributed by atoms with E-state index in [0.29, 0.717) is 25.3 Å². The molecule has 4 rings (SSSR count). The first-order valence-electron chi connectivity index (χ1n) is 9.52. The van der Waals surface area contributed by atoms with Crippen LogP contribution in [0.3, 0.4) is 0 Å². The van der Waals surface area contributed by atoms with Gasteiger partial charge < -0.3 is 14.8 Å². The van der Waals surface area contributed by atoms with Crippen molar-refractivity contribution in [1.29, 1.82) is 0 Å². The molecule has 0 unspecified atom stereocenters. The van der Waals surface area contributed by atoms with Crippen LogP contribution in [0.5, 0.6) is 11.5 Å². The maximum Gasteiger partial charge on any atom is 0.251 e. The van der Waals surface area contributed by atoms with Gasteiger partial charge in [-0.05, 0) is 71.7 Å². The van der Waals surface area contributed by atoms with E-state index in [2.05, 4.69) is 26.3 Å². The SMILES string of the molecule is Cc1nn(-c2ccc(C(=O)NCc3ccc4c(c3)OCCCO4)cc2)c(C)c1Br. The normalized spacial score (nSPS) is 13.1. The lowest BCUT2D eigenvalue weighted by atomic mass is 10.1. The van der Waals surface area contributed by atoms with Crippen molar-refractivity contribution < 1.29 is 14.3 Å². The predicted molar refractivity (Wildman–Crippen MR) is 114 cm³/mol. The van der Waals surface area contributed by atoms with Gasteiger partial charge in [0.2, 0.25) is 0 Å². The van der Waals surface area contributed by atoms with E-state index in [9.17, 15) is 4.79 Å². The average molecular weight is 456 g/mol. The zero-order valence-electron chi connectivity index (χ0n) is 16.4. The Labute approximate surface area is 178 Å². The summed E-state index contributed by atoms with van der Waals surface area (Å²) in [5.74, 6) is 1.36. The predicted octanol–water partition coefficient (Wildman–Crippen LogP) is 4.34. The van der Waals surface area contributed by atoms with E-state index in [1.54, 1.807) is 0 Å². The Kier molecular flexibility index (Phi) is 5.58. The molecule has 1 aliphatic rings. The molecule has 1 aliphatic heterocycles. The molecule has 0 radical (unpaired) electrons. The number of nitrogens with zero attached hydrogens (tertiary/aromatic N) is 2. The van der Waals surface area contributed by atoms with Gasteiger partial charge in [-0.3, -0.25) is 4.79 Å². The maximum absolute atomic E-state index is 12.5. The summed E-state index contributed by atoms with van der Waals surface area (Å²) in [6.07, 6.45) is 0.866. The highest BCUT2D eigenvalue weighted by atomic mass is 79.9. The molecule has 1 N–H and O–H groups in total. The highest BCUT2D eigenvalue weighted by Crippen LogP contribution is 2.30. The van der Waals surface area contributed by atoms with Gasteiger partial charge in [0, 0.05) is 18.5 Å². The molecule has 0 saturated heterocycles. The Bertz CT molecular complexity index is 1040. The van der Waals surface area contributed by atoms with Crippen molar-refractivity contribution in [2.45, 2.75) is 26.8 Å². The van der Waals surface area contributed by atoms with Crippen molar-refractivity contribution >= 4 is 21.8 Å². The van der Waals surface area contributed by atoms with Gasteiger partial charge in [-0.1, -0.05) is 6.07 Å². The number of amides is 1. The molecule has 150 valence electrons. The summed E-state index contributed by atoms with van der Waals surface area (Å²) < 4.78 is 14.2. The van der Waals surface area contributed by atoms with E-state index < -0.39 is 0 Å². The van der Waals surface area contributed by atoms with E-state index in [1.807, 2.05) is 61.0 Å². The fourth-order valence-electron chi connectivity index (χ4n) is 3.23. The molecule has 7 heteroatoms. The minimum atomic E-state index is -0.127. The minimum absolute atomic E-state index is 0.127. The summed E-state index contributed by atoms with van der Waals surface area (Å²) in [7, 11) is 0. The fourth-order valence-corrected chi connectivity index (χ4v) is 3.48. The van der Waals surface area contributed by atoms with Gasteiger partial charge >= 0.3 is 0 Å². The number of carbonyl (C=O) groups excluding carboxylic acids is 1. The standard InChI is InChI=1S/C22H22BrN3O3/c1-14-21(23)15(2)26(25-14)18-7-5-17(6-8-18)22(27)24-13-16-4-9-19-20(12-16)29-11-3-10-28-19/h4-9,12H,3,10-11,13H2,1-2H3,(H,24,27).